The topological polar surface area (TPSA) is 43.7 Å². The maximum atomic E-state index is 9.47. The second-order valence-electron chi connectivity index (χ2n) is 7.89. The first-order chi connectivity index (χ1) is 15.0. The van der Waals surface area contributed by atoms with E-state index >= 15 is 0 Å². The predicted octanol–water partition coefficient (Wildman–Crippen LogP) is 5.55. The van der Waals surface area contributed by atoms with Gasteiger partial charge in [-0.05, 0) is 69.3 Å². The smallest absolute Gasteiger partial charge is 0.115 e. The van der Waals surface area contributed by atoms with Gasteiger partial charge in [-0.3, -0.25) is 0 Å². The fraction of sp³-hybridized carbons (Fsp3) is 0.520. The number of rotatable bonds is 15. The minimum Gasteiger partial charge on any atom is -0.508 e. The molecule has 6 heteroatoms. The molecular weight excluding hydrogens is 424 g/mol. The lowest BCUT2D eigenvalue weighted by molar-refractivity contribution is -0.923. The molecule has 0 aromatic heterocycles. The van der Waals surface area contributed by atoms with E-state index in [1.54, 1.807) is 24.3 Å². The van der Waals surface area contributed by atoms with Crippen LogP contribution in [0.3, 0.4) is 0 Å². The number of thioether (sulfide) groups is 2. The molecule has 2 rings (SSSR count). The van der Waals surface area contributed by atoms with Crippen LogP contribution in [0.15, 0.2) is 58.3 Å². The van der Waals surface area contributed by atoms with Gasteiger partial charge in [0.25, 0.3) is 0 Å². The molecule has 2 aromatic rings. The largest absolute Gasteiger partial charge is 0.508 e. The summed E-state index contributed by atoms with van der Waals surface area (Å²) in [6.07, 6.45) is 1.23. The zero-order chi connectivity index (χ0) is 22.5. The average molecular weight is 464 g/mol. The Labute approximate surface area is 197 Å². The van der Waals surface area contributed by atoms with E-state index in [-0.39, 0.29) is 0 Å². The molecule has 0 aliphatic rings. The highest BCUT2D eigenvalue weighted by Crippen LogP contribution is 2.22. The predicted molar refractivity (Wildman–Crippen MR) is 135 cm³/mol. The first-order valence-electron chi connectivity index (χ1n) is 11.4. The van der Waals surface area contributed by atoms with Crippen molar-refractivity contribution in [1.29, 1.82) is 0 Å². The monoisotopic (exact) mass is 463 g/mol. The van der Waals surface area contributed by atoms with Crippen molar-refractivity contribution in [2.45, 2.75) is 37.0 Å². The molecule has 0 amide bonds. The summed E-state index contributed by atoms with van der Waals surface area (Å²) in [5.41, 5.74) is 0. The van der Waals surface area contributed by atoms with E-state index in [2.05, 4.69) is 25.7 Å². The van der Waals surface area contributed by atoms with Crippen LogP contribution in [0.2, 0.25) is 0 Å². The van der Waals surface area contributed by atoms with Crippen molar-refractivity contribution in [2.75, 3.05) is 57.3 Å². The lowest BCUT2D eigenvalue weighted by atomic mass is 10.2. The van der Waals surface area contributed by atoms with E-state index in [1.807, 2.05) is 47.8 Å². The third-order valence-electron chi connectivity index (χ3n) is 6.15. The number of phenols is 2. The Balaban J connectivity index is 1.85. The Morgan fingerprint density at radius 1 is 0.677 bits per heavy atom. The van der Waals surface area contributed by atoms with Crippen molar-refractivity contribution in [1.82, 2.24) is 4.90 Å². The van der Waals surface area contributed by atoms with Gasteiger partial charge >= 0.3 is 0 Å². The van der Waals surface area contributed by atoms with Crippen LogP contribution >= 0.6 is 23.5 Å². The van der Waals surface area contributed by atoms with Crippen LogP contribution in [-0.4, -0.2) is 76.9 Å². The molecule has 0 saturated heterocycles. The van der Waals surface area contributed by atoms with Gasteiger partial charge < -0.3 is 19.6 Å². The van der Waals surface area contributed by atoms with Crippen molar-refractivity contribution >= 4 is 23.5 Å². The molecule has 31 heavy (non-hydrogen) atoms. The van der Waals surface area contributed by atoms with Crippen LogP contribution in [0.4, 0.5) is 0 Å². The van der Waals surface area contributed by atoms with Crippen molar-refractivity contribution in [2.24, 2.45) is 0 Å². The third kappa shape index (κ3) is 9.36. The van der Waals surface area contributed by atoms with Gasteiger partial charge in [-0.2, -0.15) is 0 Å². The van der Waals surface area contributed by atoms with E-state index in [0.29, 0.717) is 11.5 Å². The molecule has 4 nitrogen and oxygen atoms in total. The highest BCUT2D eigenvalue weighted by molar-refractivity contribution is 7.99. The number of aromatic hydroxyl groups is 2. The molecular formula is C25H39N2O2S2+. The molecule has 0 aliphatic carbocycles. The molecule has 0 unspecified atom stereocenters. The molecule has 0 heterocycles. The summed E-state index contributed by atoms with van der Waals surface area (Å²) >= 11 is 3.70. The quantitative estimate of drug-likeness (QED) is 0.268. The molecule has 0 aliphatic heterocycles. The summed E-state index contributed by atoms with van der Waals surface area (Å²) in [5, 5.41) is 18.9. The zero-order valence-corrected chi connectivity index (χ0v) is 20.9. The lowest BCUT2D eigenvalue weighted by Gasteiger charge is -2.36. The van der Waals surface area contributed by atoms with Gasteiger partial charge in [-0.15, -0.1) is 23.5 Å². The molecule has 172 valence electrons. The molecule has 0 atom stereocenters. The maximum Gasteiger partial charge on any atom is 0.115 e. The van der Waals surface area contributed by atoms with Gasteiger partial charge in [0.15, 0.2) is 0 Å². The van der Waals surface area contributed by atoms with Gasteiger partial charge in [-0.1, -0.05) is 0 Å². The summed E-state index contributed by atoms with van der Waals surface area (Å²) in [7, 11) is 0. The number of quaternary nitrogens is 1. The summed E-state index contributed by atoms with van der Waals surface area (Å²) in [5.74, 6) is 2.73. The van der Waals surface area contributed by atoms with Gasteiger partial charge in [0.2, 0.25) is 0 Å². The molecule has 0 radical (unpaired) electrons. The molecule has 2 N–H and O–H groups in total. The Morgan fingerprint density at radius 2 is 1.10 bits per heavy atom. The molecule has 0 spiro atoms. The van der Waals surface area contributed by atoms with Gasteiger partial charge in [0.05, 0.1) is 26.2 Å². The van der Waals surface area contributed by atoms with E-state index in [1.165, 1.54) is 46.9 Å². The van der Waals surface area contributed by atoms with Crippen molar-refractivity contribution in [3.8, 4) is 11.5 Å². The van der Waals surface area contributed by atoms with Gasteiger partial charge in [-0.25, -0.2) is 0 Å². The maximum absolute atomic E-state index is 9.47. The van der Waals surface area contributed by atoms with E-state index < -0.39 is 0 Å². The third-order valence-corrected chi connectivity index (χ3v) is 8.13. The van der Waals surface area contributed by atoms with E-state index in [9.17, 15) is 10.2 Å². The highest BCUT2D eigenvalue weighted by Gasteiger charge is 2.20. The number of hydrogen-bond acceptors (Lipinski definition) is 5. The second-order valence-corrected chi connectivity index (χ2v) is 10.2. The standard InChI is InChI=1S/C25H38N2O2S2/c1-4-27(5-2,6-3)19-7-16-26(17-20-30-24-12-8-22(28)9-13-24)18-21-31-25-14-10-23(29)11-15-25/h8-15H,4-7,16-21H2,1-3H3,(H-,28,29)/p+1. The summed E-state index contributed by atoms with van der Waals surface area (Å²) in [6.45, 7) is 15.1. The summed E-state index contributed by atoms with van der Waals surface area (Å²) in [4.78, 5) is 5.00. The van der Waals surface area contributed by atoms with E-state index in [0.717, 1.165) is 31.1 Å². The Morgan fingerprint density at radius 3 is 1.48 bits per heavy atom. The minimum absolute atomic E-state index is 0.321. The fourth-order valence-electron chi connectivity index (χ4n) is 3.78. The van der Waals surface area contributed by atoms with Crippen molar-refractivity contribution in [3.05, 3.63) is 48.5 Å². The van der Waals surface area contributed by atoms with Crippen LogP contribution < -0.4 is 0 Å². The number of nitrogens with zero attached hydrogens (tertiary/aromatic N) is 2. The lowest BCUT2D eigenvalue weighted by Crippen LogP contribution is -2.49. The fourth-order valence-corrected chi connectivity index (χ4v) is 5.61. The molecule has 0 saturated carbocycles. The Bertz CT molecular complexity index is 674. The molecule has 2 aromatic carbocycles. The average Bonchev–Trinajstić information content (AvgIpc) is 2.79. The van der Waals surface area contributed by atoms with Crippen LogP contribution in [0.5, 0.6) is 11.5 Å². The molecule has 0 bridgehead atoms. The van der Waals surface area contributed by atoms with Crippen LogP contribution in [-0.2, 0) is 0 Å². The highest BCUT2D eigenvalue weighted by atomic mass is 32.2. The number of phenolic OH excluding ortho intramolecular Hbond substituents is 2. The Kier molecular flexibility index (Phi) is 11.7. The van der Waals surface area contributed by atoms with Crippen LogP contribution in [0.25, 0.3) is 0 Å². The number of hydrogen-bond donors (Lipinski definition) is 2. The summed E-state index contributed by atoms with van der Waals surface area (Å²) in [6, 6.07) is 15.0. The number of benzene rings is 2. The summed E-state index contributed by atoms with van der Waals surface area (Å²) < 4.78 is 1.21. The van der Waals surface area contributed by atoms with Crippen molar-refractivity contribution < 1.29 is 14.7 Å². The van der Waals surface area contributed by atoms with E-state index in [4.69, 9.17) is 0 Å². The minimum atomic E-state index is 0.321. The van der Waals surface area contributed by atoms with Crippen LogP contribution in [0.1, 0.15) is 27.2 Å². The second kappa shape index (κ2) is 13.9. The van der Waals surface area contributed by atoms with Gasteiger partial charge in [0, 0.05) is 47.4 Å². The Hall–Kier alpha value is -1.34. The SMILES string of the molecule is CC[N+](CC)(CC)CCCN(CCSc1ccc(O)cc1)CCSc1ccc(O)cc1. The van der Waals surface area contributed by atoms with Crippen molar-refractivity contribution in [3.63, 3.8) is 0 Å². The van der Waals surface area contributed by atoms with Gasteiger partial charge in [0.1, 0.15) is 11.5 Å². The first kappa shape index (κ1) is 25.9. The zero-order valence-electron chi connectivity index (χ0n) is 19.3. The normalized spacial score (nSPS) is 11.9. The van der Waals surface area contributed by atoms with Crippen LogP contribution in [0, 0.1) is 0 Å². The first-order valence-corrected chi connectivity index (χ1v) is 13.4. The molecule has 0 fully saturated rings.